The molecule has 5 aliphatic rings. The van der Waals surface area contributed by atoms with Crippen molar-refractivity contribution in [2.24, 2.45) is 56.7 Å². The number of ether oxygens (including phenoxy) is 1. The van der Waals surface area contributed by atoms with Gasteiger partial charge in [-0.05, 0) is 102 Å². The van der Waals surface area contributed by atoms with Gasteiger partial charge in [0.05, 0.1) is 5.92 Å². The van der Waals surface area contributed by atoms with E-state index >= 15 is 0 Å². The van der Waals surface area contributed by atoms with Crippen LogP contribution in [-0.4, -0.2) is 11.8 Å². The van der Waals surface area contributed by atoms with Gasteiger partial charge in [0.15, 0.2) is 0 Å². The van der Waals surface area contributed by atoms with E-state index in [9.17, 15) is 9.59 Å². The van der Waals surface area contributed by atoms with Crippen LogP contribution in [0.4, 0.5) is 0 Å². The molecule has 40 heavy (non-hydrogen) atoms. The third-order valence-corrected chi connectivity index (χ3v) is 13.7. The van der Waals surface area contributed by atoms with Gasteiger partial charge in [-0.15, -0.1) is 0 Å². The quantitative estimate of drug-likeness (QED) is 0.282. The molecule has 8 atom stereocenters. The van der Waals surface area contributed by atoms with E-state index in [4.69, 9.17) is 4.74 Å². The summed E-state index contributed by atoms with van der Waals surface area (Å²) in [5, 5.41) is 0. The van der Waals surface area contributed by atoms with E-state index in [-0.39, 0.29) is 39.0 Å². The predicted molar refractivity (Wildman–Crippen MR) is 160 cm³/mol. The van der Waals surface area contributed by atoms with Crippen LogP contribution in [0.2, 0.25) is 0 Å². The van der Waals surface area contributed by atoms with Gasteiger partial charge in [0.25, 0.3) is 0 Å². The fraction of sp³-hybridized carbons (Fsp3) is 0.730. The Morgan fingerprint density at radius 3 is 2.35 bits per heavy atom. The van der Waals surface area contributed by atoms with Crippen LogP contribution in [0.25, 0.3) is 0 Å². The SMILES string of the molecule is CC1(C)CC2C3=CCC4[C@@]5(C)CCC(=O)C(C)(C)C5CC[C@@]4(C)[C@]3(C)CCC2[C@H](C(=O)OCc2ccccc2)C1. The second kappa shape index (κ2) is 9.30. The molecule has 4 saturated carbocycles. The van der Waals surface area contributed by atoms with Crippen LogP contribution in [0.3, 0.4) is 0 Å². The van der Waals surface area contributed by atoms with Gasteiger partial charge in [-0.25, -0.2) is 0 Å². The topological polar surface area (TPSA) is 43.4 Å². The van der Waals surface area contributed by atoms with Crippen LogP contribution in [0.15, 0.2) is 42.0 Å². The highest BCUT2D eigenvalue weighted by Crippen LogP contribution is 2.74. The van der Waals surface area contributed by atoms with Crippen LogP contribution in [0.1, 0.15) is 112 Å². The summed E-state index contributed by atoms with van der Waals surface area (Å²) < 4.78 is 5.99. The molecule has 0 heterocycles. The number of carbonyl (C=O) groups excluding carboxylic acids is 2. The monoisotopic (exact) mass is 544 g/mol. The Labute approximate surface area is 242 Å². The number of hydrogen-bond donors (Lipinski definition) is 0. The van der Waals surface area contributed by atoms with Crippen molar-refractivity contribution in [2.45, 2.75) is 113 Å². The van der Waals surface area contributed by atoms with E-state index in [0.29, 0.717) is 36.1 Å². The van der Waals surface area contributed by atoms with Crippen molar-refractivity contribution in [3.8, 4) is 0 Å². The Bertz CT molecular complexity index is 1210. The summed E-state index contributed by atoms with van der Waals surface area (Å²) in [5.74, 6) is 2.40. The lowest BCUT2D eigenvalue weighted by Crippen LogP contribution is -2.63. The molecule has 0 radical (unpaired) electrons. The van der Waals surface area contributed by atoms with Gasteiger partial charge in [-0.3, -0.25) is 9.59 Å². The maximum atomic E-state index is 13.7. The summed E-state index contributed by atoms with van der Waals surface area (Å²) >= 11 is 0. The van der Waals surface area contributed by atoms with E-state index < -0.39 is 0 Å². The van der Waals surface area contributed by atoms with Crippen LogP contribution in [-0.2, 0) is 20.9 Å². The van der Waals surface area contributed by atoms with Crippen molar-refractivity contribution in [2.75, 3.05) is 0 Å². The summed E-state index contributed by atoms with van der Waals surface area (Å²) in [6, 6.07) is 10.1. The zero-order valence-electron chi connectivity index (χ0n) is 26.1. The normalized spacial score (nSPS) is 43.3. The average molecular weight is 545 g/mol. The Hall–Kier alpha value is -1.90. The zero-order valence-corrected chi connectivity index (χ0v) is 26.1. The number of esters is 1. The molecule has 218 valence electrons. The molecule has 0 bridgehead atoms. The zero-order chi connectivity index (χ0) is 28.7. The molecule has 1 aromatic carbocycles. The van der Waals surface area contributed by atoms with Crippen molar-refractivity contribution in [3.63, 3.8) is 0 Å². The van der Waals surface area contributed by atoms with E-state index in [1.165, 1.54) is 25.7 Å². The summed E-state index contributed by atoms with van der Waals surface area (Å²) in [7, 11) is 0. The lowest BCUT2D eigenvalue weighted by Gasteiger charge is -2.70. The number of carbonyl (C=O) groups is 2. The molecular formula is C37H52O3. The molecule has 0 spiro atoms. The smallest absolute Gasteiger partial charge is 0.309 e. The third-order valence-electron chi connectivity index (χ3n) is 13.7. The first-order chi connectivity index (χ1) is 18.7. The van der Waals surface area contributed by atoms with Gasteiger partial charge in [-0.2, -0.15) is 0 Å². The van der Waals surface area contributed by atoms with Gasteiger partial charge in [-0.1, -0.05) is 90.4 Å². The van der Waals surface area contributed by atoms with Crippen LogP contribution in [0.5, 0.6) is 0 Å². The largest absolute Gasteiger partial charge is 0.461 e. The minimum absolute atomic E-state index is 0.0119. The van der Waals surface area contributed by atoms with Crippen LogP contribution >= 0.6 is 0 Å². The minimum Gasteiger partial charge on any atom is -0.461 e. The second-order valence-electron chi connectivity index (χ2n) is 16.5. The van der Waals surface area contributed by atoms with Crippen molar-refractivity contribution in [1.29, 1.82) is 0 Å². The molecule has 5 aliphatic carbocycles. The number of hydrogen-bond acceptors (Lipinski definition) is 3. The van der Waals surface area contributed by atoms with E-state index in [1.54, 1.807) is 5.57 Å². The second-order valence-corrected chi connectivity index (χ2v) is 16.5. The Kier molecular flexibility index (Phi) is 6.56. The molecule has 4 fully saturated rings. The van der Waals surface area contributed by atoms with Crippen molar-refractivity contribution in [1.82, 2.24) is 0 Å². The van der Waals surface area contributed by atoms with Gasteiger partial charge in [0, 0.05) is 11.8 Å². The molecule has 0 aromatic heterocycles. The lowest BCUT2D eigenvalue weighted by atomic mass is 9.34. The maximum absolute atomic E-state index is 13.7. The van der Waals surface area contributed by atoms with Crippen molar-refractivity contribution >= 4 is 11.8 Å². The molecule has 0 amide bonds. The van der Waals surface area contributed by atoms with Gasteiger partial charge in [0.2, 0.25) is 0 Å². The average Bonchev–Trinajstić information content (AvgIpc) is 2.89. The lowest BCUT2D eigenvalue weighted by molar-refractivity contribution is -0.184. The van der Waals surface area contributed by atoms with Crippen molar-refractivity contribution in [3.05, 3.63) is 47.5 Å². The number of Topliss-reactive ketones (excluding diaryl/α,β-unsaturated/α-hetero) is 1. The number of rotatable bonds is 3. The predicted octanol–water partition coefficient (Wildman–Crippen LogP) is 8.96. The molecule has 1 aromatic rings. The highest BCUT2D eigenvalue weighted by molar-refractivity contribution is 5.85. The highest BCUT2D eigenvalue weighted by Gasteiger charge is 2.67. The Morgan fingerprint density at radius 1 is 0.900 bits per heavy atom. The fourth-order valence-corrected chi connectivity index (χ4v) is 11.5. The summed E-state index contributed by atoms with van der Waals surface area (Å²) in [6.45, 7) is 17.3. The first kappa shape index (κ1) is 28.2. The number of ketones is 1. The van der Waals surface area contributed by atoms with Crippen LogP contribution < -0.4 is 0 Å². The number of benzene rings is 1. The summed E-state index contributed by atoms with van der Waals surface area (Å²) in [4.78, 5) is 26.7. The van der Waals surface area contributed by atoms with E-state index in [0.717, 1.165) is 37.7 Å². The fourth-order valence-electron chi connectivity index (χ4n) is 11.5. The van der Waals surface area contributed by atoms with Crippen molar-refractivity contribution < 1.29 is 14.3 Å². The standard InChI is InChI=1S/C37H52O3/c1-33(2)21-26-25(27(22-33)32(39)40-23-24-11-9-8-10-12-24)15-19-36(6)28(26)13-14-30-35(5)18-17-31(38)34(3,4)29(35)16-20-37(30,36)7/h8-13,25-27,29-30H,14-23H2,1-7H3/t25?,26?,27-,29?,30?,35+,36-,37-/m1/s1. The molecule has 0 aliphatic heterocycles. The first-order valence-electron chi connectivity index (χ1n) is 16.2. The van der Waals surface area contributed by atoms with Gasteiger partial charge >= 0.3 is 5.97 Å². The summed E-state index contributed by atoms with van der Waals surface area (Å²) in [5.41, 5.74) is 3.23. The highest BCUT2D eigenvalue weighted by atomic mass is 16.5. The molecule has 0 saturated heterocycles. The van der Waals surface area contributed by atoms with Crippen LogP contribution in [0, 0.1) is 56.7 Å². The molecule has 3 nitrogen and oxygen atoms in total. The van der Waals surface area contributed by atoms with Gasteiger partial charge < -0.3 is 4.74 Å². The molecular weight excluding hydrogens is 492 g/mol. The van der Waals surface area contributed by atoms with Gasteiger partial charge in [0.1, 0.15) is 12.4 Å². The first-order valence-corrected chi connectivity index (χ1v) is 16.2. The van der Waals surface area contributed by atoms with E-state index in [2.05, 4.69) is 54.5 Å². The molecule has 6 rings (SSSR count). The van der Waals surface area contributed by atoms with E-state index in [1.807, 2.05) is 30.3 Å². The minimum atomic E-state index is -0.211. The number of allylic oxidation sites excluding steroid dienone is 2. The Morgan fingerprint density at radius 2 is 1.62 bits per heavy atom. The number of fused-ring (bicyclic) bond motifs is 7. The third kappa shape index (κ3) is 4.03. The molecule has 3 heteroatoms. The molecule has 0 N–H and O–H groups in total. The molecule has 4 unspecified atom stereocenters. The maximum Gasteiger partial charge on any atom is 0.309 e. The Balaban J connectivity index is 1.31. The summed E-state index contributed by atoms with van der Waals surface area (Å²) in [6.07, 6.45) is 12.3.